The predicted octanol–water partition coefficient (Wildman–Crippen LogP) is 1.14. The third-order valence-electron chi connectivity index (χ3n) is 3.40. The van der Waals surface area contributed by atoms with Gasteiger partial charge in [0, 0.05) is 43.4 Å². The fourth-order valence-electron chi connectivity index (χ4n) is 2.24. The van der Waals surface area contributed by atoms with Gasteiger partial charge in [-0.05, 0) is 12.1 Å². The van der Waals surface area contributed by atoms with Crippen molar-refractivity contribution in [2.24, 2.45) is 10.9 Å². The second kappa shape index (κ2) is 8.14. The van der Waals surface area contributed by atoms with Gasteiger partial charge in [0.15, 0.2) is 5.84 Å². The number of piperazine rings is 1. The molecule has 1 heterocycles. The minimum absolute atomic E-state index is 0.290. The van der Waals surface area contributed by atoms with Gasteiger partial charge < -0.3 is 10.9 Å². The highest BCUT2D eigenvalue weighted by atomic mass is 32.2. The van der Waals surface area contributed by atoms with Crippen LogP contribution in [0, 0.1) is 0 Å². The van der Waals surface area contributed by atoms with Gasteiger partial charge in [0.2, 0.25) is 0 Å². The van der Waals surface area contributed by atoms with Crippen LogP contribution in [-0.4, -0.2) is 65.9 Å². The number of rotatable bonds is 6. The first-order valence-electron chi connectivity index (χ1n) is 6.87. The second-order valence-corrected chi connectivity index (χ2v) is 6.04. The van der Waals surface area contributed by atoms with E-state index in [0.29, 0.717) is 6.54 Å². The molecule has 0 aromatic heterocycles. The highest BCUT2D eigenvalue weighted by molar-refractivity contribution is 7.99. The van der Waals surface area contributed by atoms with Crippen LogP contribution in [0.5, 0.6) is 0 Å². The van der Waals surface area contributed by atoms with Gasteiger partial charge in [-0.2, -0.15) is 0 Å². The fourth-order valence-corrected chi connectivity index (χ4v) is 3.18. The summed E-state index contributed by atoms with van der Waals surface area (Å²) in [7, 11) is 0. The van der Waals surface area contributed by atoms with E-state index in [0.717, 1.165) is 38.5 Å². The Kier molecular flexibility index (Phi) is 6.17. The highest BCUT2D eigenvalue weighted by Gasteiger charge is 2.17. The van der Waals surface area contributed by atoms with E-state index in [1.54, 1.807) is 0 Å². The quantitative estimate of drug-likeness (QED) is 0.271. The summed E-state index contributed by atoms with van der Waals surface area (Å²) < 4.78 is 0. The topological polar surface area (TPSA) is 65.1 Å². The van der Waals surface area contributed by atoms with Crippen molar-refractivity contribution in [1.82, 2.24) is 9.80 Å². The average molecular weight is 294 g/mol. The van der Waals surface area contributed by atoms with Crippen LogP contribution in [0.4, 0.5) is 0 Å². The molecule has 3 N–H and O–H groups in total. The van der Waals surface area contributed by atoms with Crippen LogP contribution in [0.15, 0.2) is 40.4 Å². The maximum atomic E-state index is 8.56. The molecule has 1 saturated heterocycles. The molecule has 0 amide bonds. The molecule has 5 nitrogen and oxygen atoms in total. The lowest BCUT2D eigenvalue weighted by Gasteiger charge is -2.34. The number of hydrogen-bond acceptors (Lipinski definition) is 5. The van der Waals surface area contributed by atoms with Crippen LogP contribution in [0.2, 0.25) is 0 Å². The Morgan fingerprint density at radius 1 is 1.15 bits per heavy atom. The standard InChI is InChI=1S/C14H22N4OS/c15-14(16-19)12-18-8-6-17(7-9-18)10-11-20-13-4-2-1-3-5-13/h1-5,19H,6-12H2,(H2,15,16). The molecule has 2 rings (SSSR count). The van der Waals surface area contributed by atoms with Crippen LogP contribution >= 0.6 is 11.8 Å². The molecule has 0 bridgehead atoms. The van der Waals surface area contributed by atoms with Crippen molar-refractivity contribution in [3.8, 4) is 0 Å². The summed E-state index contributed by atoms with van der Waals surface area (Å²) >= 11 is 1.90. The van der Waals surface area contributed by atoms with Crippen LogP contribution in [-0.2, 0) is 0 Å². The number of benzene rings is 1. The SMILES string of the molecule is NC(CN1CCN(CCSc2ccccc2)CC1)=NO. The van der Waals surface area contributed by atoms with Crippen LogP contribution in [0.1, 0.15) is 0 Å². The summed E-state index contributed by atoms with van der Waals surface area (Å²) in [5, 5.41) is 11.6. The summed E-state index contributed by atoms with van der Waals surface area (Å²) in [4.78, 5) is 6.02. The van der Waals surface area contributed by atoms with Crippen molar-refractivity contribution in [3.63, 3.8) is 0 Å². The van der Waals surface area contributed by atoms with Crippen molar-refractivity contribution >= 4 is 17.6 Å². The Balaban J connectivity index is 1.62. The Morgan fingerprint density at radius 3 is 2.45 bits per heavy atom. The lowest BCUT2D eigenvalue weighted by atomic mass is 10.3. The monoisotopic (exact) mass is 294 g/mol. The number of amidine groups is 1. The summed E-state index contributed by atoms with van der Waals surface area (Å²) in [6, 6.07) is 10.5. The Hall–Kier alpha value is -1.24. The molecular formula is C14H22N4OS. The van der Waals surface area contributed by atoms with Gasteiger partial charge in [-0.15, -0.1) is 11.8 Å². The summed E-state index contributed by atoms with van der Waals surface area (Å²) in [5.74, 6) is 1.41. The number of thioether (sulfide) groups is 1. The maximum absolute atomic E-state index is 8.56. The highest BCUT2D eigenvalue weighted by Crippen LogP contribution is 2.17. The molecule has 1 fully saturated rings. The van der Waals surface area contributed by atoms with E-state index >= 15 is 0 Å². The van der Waals surface area contributed by atoms with Gasteiger partial charge in [-0.1, -0.05) is 23.4 Å². The van der Waals surface area contributed by atoms with Crippen molar-refractivity contribution in [3.05, 3.63) is 30.3 Å². The number of nitrogens with zero attached hydrogens (tertiary/aromatic N) is 3. The summed E-state index contributed by atoms with van der Waals surface area (Å²) in [5.41, 5.74) is 5.52. The van der Waals surface area contributed by atoms with Gasteiger partial charge in [-0.3, -0.25) is 9.80 Å². The number of hydrogen-bond donors (Lipinski definition) is 2. The molecule has 1 aromatic rings. The molecule has 1 aliphatic heterocycles. The third-order valence-corrected chi connectivity index (χ3v) is 4.39. The largest absolute Gasteiger partial charge is 0.409 e. The zero-order valence-electron chi connectivity index (χ0n) is 11.6. The molecule has 0 aliphatic carbocycles. The number of nitrogens with two attached hydrogens (primary N) is 1. The molecule has 6 heteroatoms. The lowest BCUT2D eigenvalue weighted by Crippen LogP contribution is -2.49. The van der Waals surface area contributed by atoms with Crippen LogP contribution in [0.25, 0.3) is 0 Å². The van der Waals surface area contributed by atoms with E-state index < -0.39 is 0 Å². The zero-order chi connectivity index (χ0) is 14.2. The van der Waals surface area contributed by atoms with E-state index in [4.69, 9.17) is 10.9 Å². The molecule has 0 unspecified atom stereocenters. The minimum Gasteiger partial charge on any atom is -0.409 e. The van der Waals surface area contributed by atoms with Crippen molar-refractivity contribution in [1.29, 1.82) is 0 Å². The van der Waals surface area contributed by atoms with Gasteiger partial charge in [0.25, 0.3) is 0 Å². The molecule has 0 atom stereocenters. The van der Waals surface area contributed by atoms with Gasteiger partial charge >= 0.3 is 0 Å². The van der Waals surface area contributed by atoms with Gasteiger partial charge in [0.05, 0.1) is 6.54 Å². The average Bonchev–Trinajstić information content (AvgIpc) is 2.50. The number of oxime groups is 1. The molecule has 1 aliphatic rings. The fraction of sp³-hybridized carbons (Fsp3) is 0.500. The van der Waals surface area contributed by atoms with E-state index in [9.17, 15) is 0 Å². The van der Waals surface area contributed by atoms with E-state index in [2.05, 4.69) is 39.2 Å². The molecule has 1 aromatic carbocycles. The molecule has 0 spiro atoms. The first-order chi connectivity index (χ1) is 9.78. The molecular weight excluding hydrogens is 272 g/mol. The smallest absolute Gasteiger partial charge is 0.153 e. The van der Waals surface area contributed by atoms with E-state index in [1.807, 2.05) is 17.8 Å². The second-order valence-electron chi connectivity index (χ2n) is 4.87. The molecule has 110 valence electrons. The molecule has 0 saturated carbocycles. The summed E-state index contributed by atoms with van der Waals surface area (Å²) in [6.45, 7) is 5.72. The van der Waals surface area contributed by atoms with E-state index in [1.165, 1.54) is 4.90 Å². The van der Waals surface area contributed by atoms with Crippen LogP contribution < -0.4 is 5.73 Å². The zero-order valence-corrected chi connectivity index (χ0v) is 12.4. The summed E-state index contributed by atoms with van der Waals surface area (Å²) in [6.07, 6.45) is 0. The normalized spacial score (nSPS) is 18.3. The van der Waals surface area contributed by atoms with Gasteiger partial charge in [0.1, 0.15) is 0 Å². The maximum Gasteiger partial charge on any atom is 0.153 e. The molecule has 0 radical (unpaired) electrons. The predicted molar refractivity (Wildman–Crippen MR) is 83.5 cm³/mol. The molecule has 20 heavy (non-hydrogen) atoms. The Labute approximate surface area is 124 Å². The van der Waals surface area contributed by atoms with Gasteiger partial charge in [-0.25, -0.2) is 0 Å². The van der Waals surface area contributed by atoms with E-state index in [-0.39, 0.29) is 5.84 Å². The minimum atomic E-state index is 0.290. The lowest BCUT2D eigenvalue weighted by molar-refractivity contribution is 0.151. The Morgan fingerprint density at radius 2 is 1.80 bits per heavy atom. The Bertz CT molecular complexity index is 418. The first-order valence-corrected chi connectivity index (χ1v) is 7.85. The first kappa shape index (κ1) is 15.2. The van der Waals surface area contributed by atoms with Crippen molar-refractivity contribution in [2.75, 3.05) is 45.0 Å². The third kappa shape index (κ3) is 5.03. The van der Waals surface area contributed by atoms with Crippen molar-refractivity contribution in [2.45, 2.75) is 4.90 Å². The van der Waals surface area contributed by atoms with Crippen LogP contribution in [0.3, 0.4) is 0 Å². The van der Waals surface area contributed by atoms with Crippen molar-refractivity contribution < 1.29 is 5.21 Å².